The van der Waals surface area contributed by atoms with Gasteiger partial charge in [0.25, 0.3) is 0 Å². The van der Waals surface area contributed by atoms with E-state index in [0.29, 0.717) is 6.54 Å². The first-order chi connectivity index (χ1) is 10.0. The zero-order chi connectivity index (χ0) is 15.0. The lowest BCUT2D eigenvalue weighted by molar-refractivity contribution is 0.0959. The second-order valence-corrected chi connectivity index (χ2v) is 5.91. The Balaban J connectivity index is 1.68. The Labute approximate surface area is 125 Å². The normalized spacial score (nSPS) is 16.8. The summed E-state index contributed by atoms with van der Waals surface area (Å²) in [5.74, 6) is 1.96. The number of fused-ring (bicyclic) bond motifs is 1. The first-order valence-corrected chi connectivity index (χ1v) is 7.41. The highest BCUT2D eigenvalue weighted by Gasteiger charge is 2.22. The molecule has 1 atom stereocenters. The fourth-order valence-electron chi connectivity index (χ4n) is 2.83. The van der Waals surface area contributed by atoms with Crippen LogP contribution in [0.25, 0.3) is 0 Å². The van der Waals surface area contributed by atoms with E-state index in [1.165, 1.54) is 11.1 Å². The van der Waals surface area contributed by atoms with Crippen LogP contribution in [0.15, 0.2) is 18.2 Å². The molecule has 0 amide bonds. The second-order valence-electron chi connectivity index (χ2n) is 5.91. The number of aliphatic hydroxyl groups excluding tert-OH is 1. The van der Waals surface area contributed by atoms with E-state index in [1.54, 1.807) is 0 Å². The van der Waals surface area contributed by atoms with Gasteiger partial charge in [0, 0.05) is 19.6 Å². The minimum atomic E-state index is -0.458. The Kier molecular flexibility index (Phi) is 3.78. The summed E-state index contributed by atoms with van der Waals surface area (Å²) in [6.45, 7) is 9.36. The molecule has 1 aliphatic heterocycles. The van der Waals surface area contributed by atoms with Gasteiger partial charge >= 0.3 is 0 Å². The molecule has 0 bridgehead atoms. The van der Waals surface area contributed by atoms with E-state index in [1.807, 2.05) is 13.0 Å². The van der Waals surface area contributed by atoms with Crippen molar-refractivity contribution in [2.24, 2.45) is 0 Å². The molecular weight excluding hydrogens is 264 g/mol. The molecule has 112 valence electrons. The van der Waals surface area contributed by atoms with Gasteiger partial charge in [-0.2, -0.15) is 0 Å². The Morgan fingerprint density at radius 2 is 1.95 bits per heavy atom. The molecule has 1 aliphatic rings. The first-order valence-electron chi connectivity index (χ1n) is 7.41. The molecule has 0 fully saturated rings. The summed E-state index contributed by atoms with van der Waals surface area (Å²) in [4.78, 5) is 2.24. The molecule has 2 heterocycles. The van der Waals surface area contributed by atoms with Crippen LogP contribution in [0.3, 0.4) is 0 Å². The van der Waals surface area contributed by atoms with Gasteiger partial charge < -0.3 is 9.67 Å². The molecular formula is C16H22N4O. The van der Waals surface area contributed by atoms with Gasteiger partial charge in [-0.25, -0.2) is 0 Å². The Hall–Kier alpha value is -1.72. The summed E-state index contributed by atoms with van der Waals surface area (Å²) in [7, 11) is 0. The summed E-state index contributed by atoms with van der Waals surface area (Å²) >= 11 is 0. The van der Waals surface area contributed by atoms with E-state index < -0.39 is 6.10 Å². The maximum Gasteiger partial charge on any atom is 0.147 e. The third kappa shape index (κ3) is 2.84. The van der Waals surface area contributed by atoms with Crippen LogP contribution in [0.5, 0.6) is 0 Å². The number of hydrogen-bond donors (Lipinski definition) is 1. The van der Waals surface area contributed by atoms with Crippen LogP contribution in [0.1, 0.15) is 34.4 Å². The maximum absolute atomic E-state index is 10.5. The van der Waals surface area contributed by atoms with Gasteiger partial charge in [-0.05, 0) is 37.5 Å². The summed E-state index contributed by atoms with van der Waals surface area (Å²) < 4.78 is 2.15. The number of aliphatic hydroxyl groups is 1. The van der Waals surface area contributed by atoms with Crippen molar-refractivity contribution in [3.8, 4) is 0 Å². The van der Waals surface area contributed by atoms with Gasteiger partial charge in [0.15, 0.2) is 0 Å². The fourth-order valence-corrected chi connectivity index (χ4v) is 2.83. The quantitative estimate of drug-likeness (QED) is 0.934. The summed E-state index contributed by atoms with van der Waals surface area (Å²) in [6.07, 6.45) is -0.458. The number of benzene rings is 1. The summed E-state index contributed by atoms with van der Waals surface area (Å²) in [5, 5.41) is 18.8. The van der Waals surface area contributed by atoms with E-state index in [2.05, 4.69) is 45.6 Å². The zero-order valence-corrected chi connectivity index (χ0v) is 12.9. The van der Waals surface area contributed by atoms with Crippen LogP contribution in [0, 0.1) is 20.8 Å². The molecule has 0 saturated heterocycles. The van der Waals surface area contributed by atoms with E-state index >= 15 is 0 Å². The predicted molar refractivity (Wildman–Crippen MR) is 80.9 cm³/mol. The monoisotopic (exact) mass is 286 g/mol. The molecule has 2 aromatic rings. The molecule has 1 aromatic carbocycles. The molecule has 21 heavy (non-hydrogen) atoms. The van der Waals surface area contributed by atoms with Gasteiger partial charge in [0.1, 0.15) is 11.6 Å². The molecule has 1 aromatic heterocycles. The highest BCUT2D eigenvalue weighted by atomic mass is 16.3. The van der Waals surface area contributed by atoms with Crippen molar-refractivity contribution >= 4 is 0 Å². The number of aryl methyl sites for hydroxylation is 3. The third-order valence-electron chi connectivity index (χ3n) is 4.36. The topological polar surface area (TPSA) is 54.2 Å². The number of β-amino-alcohol motifs (C(OH)–C–C–N with tert-alkyl or cyclic N) is 1. The zero-order valence-electron chi connectivity index (χ0n) is 12.9. The highest BCUT2D eigenvalue weighted by molar-refractivity contribution is 5.31. The SMILES string of the molecule is Cc1ccc([C@@H](O)CN2CCn3c(C)nnc3C2)cc1C. The lowest BCUT2D eigenvalue weighted by Crippen LogP contribution is -2.36. The number of hydrogen-bond acceptors (Lipinski definition) is 4. The molecule has 5 nitrogen and oxygen atoms in total. The smallest absolute Gasteiger partial charge is 0.147 e. The van der Waals surface area contributed by atoms with Gasteiger partial charge in [-0.1, -0.05) is 18.2 Å². The standard InChI is InChI=1S/C16H22N4O/c1-11-4-5-14(8-12(11)2)15(21)9-19-6-7-20-13(3)17-18-16(20)10-19/h4-5,8,15,21H,6-7,9-10H2,1-3H3/t15-/m0/s1. The number of aromatic nitrogens is 3. The lowest BCUT2D eigenvalue weighted by atomic mass is 10.0. The average Bonchev–Trinajstić information content (AvgIpc) is 2.83. The average molecular weight is 286 g/mol. The number of nitrogens with zero attached hydrogens (tertiary/aromatic N) is 4. The van der Waals surface area contributed by atoms with Crippen molar-refractivity contribution in [1.82, 2.24) is 19.7 Å². The first kappa shape index (κ1) is 14.2. The van der Waals surface area contributed by atoms with E-state index in [4.69, 9.17) is 0 Å². The largest absolute Gasteiger partial charge is 0.387 e. The fraction of sp³-hybridized carbons (Fsp3) is 0.500. The van der Waals surface area contributed by atoms with Crippen LogP contribution in [0.2, 0.25) is 0 Å². The Morgan fingerprint density at radius 3 is 2.71 bits per heavy atom. The van der Waals surface area contributed by atoms with Gasteiger partial charge in [0.05, 0.1) is 12.6 Å². The van der Waals surface area contributed by atoms with Crippen molar-refractivity contribution in [2.75, 3.05) is 13.1 Å². The van der Waals surface area contributed by atoms with E-state index in [-0.39, 0.29) is 0 Å². The Morgan fingerprint density at radius 1 is 1.14 bits per heavy atom. The minimum absolute atomic E-state index is 0.458. The van der Waals surface area contributed by atoms with Crippen LogP contribution in [-0.4, -0.2) is 37.9 Å². The summed E-state index contributed by atoms with van der Waals surface area (Å²) in [5.41, 5.74) is 3.47. The van der Waals surface area contributed by atoms with Crippen molar-refractivity contribution in [3.05, 3.63) is 46.5 Å². The third-order valence-corrected chi connectivity index (χ3v) is 4.36. The van der Waals surface area contributed by atoms with Crippen LogP contribution < -0.4 is 0 Å². The Bertz CT molecular complexity index is 650. The highest BCUT2D eigenvalue weighted by Crippen LogP contribution is 2.20. The predicted octanol–water partition coefficient (Wildman–Crippen LogP) is 1.75. The van der Waals surface area contributed by atoms with Gasteiger partial charge in [0.2, 0.25) is 0 Å². The van der Waals surface area contributed by atoms with Crippen LogP contribution in [0.4, 0.5) is 0 Å². The molecule has 0 unspecified atom stereocenters. The molecule has 3 rings (SSSR count). The molecule has 0 aliphatic carbocycles. The summed E-state index contributed by atoms with van der Waals surface area (Å²) in [6, 6.07) is 6.17. The van der Waals surface area contributed by atoms with Crippen molar-refractivity contribution in [2.45, 2.75) is 40.0 Å². The molecule has 0 radical (unpaired) electrons. The second kappa shape index (κ2) is 5.58. The van der Waals surface area contributed by atoms with E-state index in [0.717, 1.165) is 36.8 Å². The molecule has 0 spiro atoms. The lowest BCUT2D eigenvalue weighted by Gasteiger charge is -2.29. The van der Waals surface area contributed by atoms with Crippen molar-refractivity contribution in [3.63, 3.8) is 0 Å². The van der Waals surface area contributed by atoms with Gasteiger partial charge in [-0.15, -0.1) is 10.2 Å². The van der Waals surface area contributed by atoms with Gasteiger partial charge in [-0.3, -0.25) is 4.90 Å². The van der Waals surface area contributed by atoms with E-state index in [9.17, 15) is 5.11 Å². The van der Waals surface area contributed by atoms with Crippen molar-refractivity contribution < 1.29 is 5.11 Å². The van der Waals surface area contributed by atoms with Crippen LogP contribution >= 0.6 is 0 Å². The number of rotatable bonds is 3. The molecule has 5 heteroatoms. The minimum Gasteiger partial charge on any atom is -0.387 e. The van der Waals surface area contributed by atoms with Crippen LogP contribution in [-0.2, 0) is 13.1 Å². The van der Waals surface area contributed by atoms with Crippen molar-refractivity contribution in [1.29, 1.82) is 0 Å². The molecule has 1 N–H and O–H groups in total. The molecule has 0 saturated carbocycles. The maximum atomic E-state index is 10.5.